The van der Waals surface area contributed by atoms with Gasteiger partial charge in [-0.05, 0) is 50.1 Å². The van der Waals surface area contributed by atoms with E-state index < -0.39 is 17.5 Å². The first-order valence-corrected chi connectivity index (χ1v) is 10.2. The van der Waals surface area contributed by atoms with Crippen molar-refractivity contribution < 1.29 is 18.3 Å². The van der Waals surface area contributed by atoms with Gasteiger partial charge in [0, 0.05) is 13.1 Å². The molecule has 0 aliphatic rings. The summed E-state index contributed by atoms with van der Waals surface area (Å²) in [7, 11) is 1.79. The molecule has 0 saturated carbocycles. The van der Waals surface area contributed by atoms with Gasteiger partial charge >= 0.3 is 0 Å². The molecule has 1 N–H and O–H groups in total. The Labute approximate surface area is 177 Å². The summed E-state index contributed by atoms with van der Waals surface area (Å²) in [6, 6.07) is 8.84. The molecule has 0 radical (unpaired) electrons. The SMILES string of the molecule is Cc1cccc(OC(C)c2nnc(SCC(=O)Nc3ccc(F)cc3F)n2C)c1C. The highest BCUT2D eigenvalue weighted by Gasteiger charge is 2.19. The van der Waals surface area contributed by atoms with Crippen molar-refractivity contribution in [2.45, 2.75) is 32.0 Å². The van der Waals surface area contributed by atoms with Crippen LogP contribution in [0.1, 0.15) is 30.0 Å². The number of benzene rings is 2. The number of hydrogen-bond donors (Lipinski definition) is 1. The highest BCUT2D eigenvalue weighted by molar-refractivity contribution is 7.99. The Bertz CT molecular complexity index is 1070. The summed E-state index contributed by atoms with van der Waals surface area (Å²) in [5.41, 5.74) is 2.12. The van der Waals surface area contributed by atoms with E-state index in [0.717, 1.165) is 40.8 Å². The fraction of sp³-hybridized carbons (Fsp3) is 0.286. The molecule has 0 fully saturated rings. The summed E-state index contributed by atoms with van der Waals surface area (Å²) in [5, 5.41) is 11.2. The van der Waals surface area contributed by atoms with E-state index in [9.17, 15) is 13.6 Å². The average molecular weight is 432 g/mol. The minimum absolute atomic E-state index is 0.00494. The lowest BCUT2D eigenvalue weighted by atomic mass is 10.1. The highest BCUT2D eigenvalue weighted by Crippen LogP contribution is 2.27. The van der Waals surface area contributed by atoms with Crippen molar-refractivity contribution in [3.05, 3.63) is 65.0 Å². The van der Waals surface area contributed by atoms with Gasteiger partial charge < -0.3 is 14.6 Å². The van der Waals surface area contributed by atoms with Crippen molar-refractivity contribution >= 4 is 23.4 Å². The van der Waals surface area contributed by atoms with Crippen molar-refractivity contribution in [1.29, 1.82) is 0 Å². The summed E-state index contributed by atoms with van der Waals surface area (Å²) in [6.07, 6.45) is -0.348. The Morgan fingerprint density at radius 1 is 1.23 bits per heavy atom. The molecule has 1 amide bonds. The number of carbonyl (C=O) groups is 1. The maximum atomic E-state index is 13.7. The molecule has 1 aromatic heterocycles. The molecule has 2 aromatic carbocycles. The van der Waals surface area contributed by atoms with Crippen LogP contribution in [0.15, 0.2) is 41.6 Å². The lowest BCUT2D eigenvalue weighted by Gasteiger charge is -2.16. The monoisotopic (exact) mass is 432 g/mol. The quantitative estimate of drug-likeness (QED) is 0.554. The number of rotatable bonds is 7. The van der Waals surface area contributed by atoms with E-state index in [1.807, 2.05) is 39.0 Å². The number of carbonyl (C=O) groups excluding carboxylic acids is 1. The van der Waals surface area contributed by atoms with Crippen molar-refractivity contribution in [1.82, 2.24) is 14.8 Å². The molecule has 0 saturated heterocycles. The fourth-order valence-electron chi connectivity index (χ4n) is 2.81. The fourth-order valence-corrected chi connectivity index (χ4v) is 3.53. The van der Waals surface area contributed by atoms with Crippen LogP contribution in [0.4, 0.5) is 14.5 Å². The number of nitrogens with zero attached hydrogens (tertiary/aromatic N) is 3. The zero-order valence-corrected chi connectivity index (χ0v) is 17.9. The topological polar surface area (TPSA) is 69.0 Å². The molecule has 3 aromatic rings. The third kappa shape index (κ3) is 4.96. The van der Waals surface area contributed by atoms with Gasteiger partial charge in [-0.25, -0.2) is 8.78 Å². The van der Waals surface area contributed by atoms with Gasteiger partial charge in [-0.2, -0.15) is 0 Å². The van der Waals surface area contributed by atoms with Crippen LogP contribution < -0.4 is 10.1 Å². The molecule has 0 spiro atoms. The number of ether oxygens (including phenoxy) is 1. The zero-order chi connectivity index (χ0) is 21.8. The van der Waals surface area contributed by atoms with Crippen LogP contribution >= 0.6 is 11.8 Å². The highest BCUT2D eigenvalue weighted by atomic mass is 32.2. The molecule has 6 nitrogen and oxygen atoms in total. The maximum absolute atomic E-state index is 13.7. The lowest BCUT2D eigenvalue weighted by Crippen LogP contribution is -2.16. The molecule has 158 valence electrons. The smallest absolute Gasteiger partial charge is 0.234 e. The van der Waals surface area contributed by atoms with E-state index in [2.05, 4.69) is 15.5 Å². The van der Waals surface area contributed by atoms with E-state index >= 15 is 0 Å². The van der Waals surface area contributed by atoms with Crippen LogP contribution in [0.2, 0.25) is 0 Å². The van der Waals surface area contributed by atoms with Gasteiger partial charge in [0.15, 0.2) is 17.1 Å². The van der Waals surface area contributed by atoms with Gasteiger partial charge in [0.2, 0.25) is 5.91 Å². The predicted molar refractivity (Wildman–Crippen MR) is 112 cm³/mol. The summed E-state index contributed by atoms with van der Waals surface area (Å²) in [5.74, 6) is -0.580. The third-order valence-corrected chi connectivity index (χ3v) is 5.65. The number of nitrogens with one attached hydrogen (secondary N) is 1. The molecule has 9 heteroatoms. The van der Waals surface area contributed by atoms with Crippen LogP contribution in [0.3, 0.4) is 0 Å². The average Bonchev–Trinajstić information content (AvgIpc) is 3.06. The molecular formula is C21H22F2N4O2S. The first kappa shape index (κ1) is 21.8. The van der Waals surface area contributed by atoms with Gasteiger partial charge in [0.05, 0.1) is 11.4 Å². The van der Waals surface area contributed by atoms with Crippen LogP contribution in [0.25, 0.3) is 0 Å². The second-order valence-corrected chi connectivity index (χ2v) is 7.76. The molecule has 0 aliphatic carbocycles. The zero-order valence-electron chi connectivity index (χ0n) is 17.1. The standard InChI is InChI=1S/C21H22F2N4O2S/c1-12-6-5-7-18(13(12)2)29-14(3)20-25-26-21(27(20)4)30-11-19(28)24-17-9-8-15(22)10-16(17)23/h5-10,14H,11H2,1-4H3,(H,24,28). The summed E-state index contributed by atoms with van der Waals surface area (Å²) < 4.78 is 34.4. The number of hydrogen-bond acceptors (Lipinski definition) is 5. The molecule has 0 aliphatic heterocycles. The Morgan fingerprint density at radius 3 is 2.73 bits per heavy atom. The maximum Gasteiger partial charge on any atom is 0.234 e. The third-order valence-electron chi connectivity index (χ3n) is 4.63. The van der Waals surface area contributed by atoms with Crippen LogP contribution in [-0.4, -0.2) is 26.4 Å². The van der Waals surface area contributed by atoms with E-state index in [1.54, 1.807) is 11.6 Å². The molecule has 0 bridgehead atoms. The first-order chi connectivity index (χ1) is 14.3. The number of amides is 1. The second kappa shape index (κ2) is 9.25. The van der Waals surface area contributed by atoms with Crippen molar-refractivity contribution in [2.24, 2.45) is 7.05 Å². The number of aromatic nitrogens is 3. The van der Waals surface area contributed by atoms with Crippen molar-refractivity contribution in [3.63, 3.8) is 0 Å². The van der Waals surface area contributed by atoms with E-state index in [0.29, 0.717) is 11.0 Å². The van der Waals surface area contributed by atoms with Gasteiger partial charge in [-0.1, -0.05) is 23.9 Å². The van der Waals surface area contributed by atoms with Crippen molar-refractivity contribution in [3.8, 4) is 5.75 Å². The molecule has 1 atom stereocenters. The van der Waals surface area contributed by atoms with E-state index in [4.69, 9.17) is 4.74 Å². The number of halogens is 2. The Kier molecular flexibility index (Phi) is 6.71. The van der Waals surface area contributed by atoms with Crippen LogP contribution in [0.5, 0.6) is 5.75 Å². The molecule has 30 heavy (non-hydrogen) atoms. The Balaban J connectivity index is 1.62. The van der Waals surface area contributed by atoms with E-state index in [-0.39, 0.29) is 17.5 Å². The molecular weight excluding hydrogens is 410 g/mol. The summed E-state index contributed by atoms with van der Waals surface area (Å²) >= 11 is 1.16. The van der Waals surface area contributed by atoms with E-state index in [1.165, 1.54) is 6.07 Å². The summed E-state index contributed by atoms with van der Waals surface area (Å²) in [4.78, 5) is 12.1. The van der Waals surface area contributed by atoms with Gasteiger partial charge in [-0.15, -0.1) is 10.2 Å². The van der Waals surface area contributed by atoms with Gasteiger partial charge in [-0.3, -0.25) is 4.79 Å². The lowest BCUT2D eigenvalue weighted by molar-refractivity contribution is -0.113. The Hall–Kier alpha value is -2.94. The van der Waals surface area contributed by atoms with Gasteiger partial charge in [0.1, 0.15) is 17.4 Å². The van der Waals surface area contributed by atoms with Crippen LogP contribution in [-0.2, 0) is 11.8 Å². The largest absolute Gasteiger partial charge is 0.482 e. The first-order valence-electron chi connectivity index (χ1n) is 9.26. The van der Waals surface area contributed by atoms with Crippen molar-refractivity contribution in [2.75, 3.05) is 11.1 Å². The number of aryl methyl sites for hydroxylation is 1. The minimum atomic E-state index is -0.827. The number of thioether (sulfide) groups is 1. The molecule has 1 unspecified atom stereocenters. The molecule has 1 heterocycles. The molecule has 3 rings (SSSR count). The summed E-state index contributed by atoms with van der Waals surface area (Å²) in [6.45, 7) is 5.90. The minimum Gasteiger partial charge on any atom is -0.482 e. The van der Waals surface area contributed by atoms with Gasteiger partial charge in [0.25, 0.3) is 0 Å². The normalized spacial score (nSPS) is 11.9. The second-order valence-electron chi connectivity index (χ2n) is 6.82. The number of anilines is 1. The van der Waals surface area contributed by atoms with Crippen LogP contribution in [0, 0.1) is 25.5 Å². The predicted octanol–water partition coefficient (Wildman–Crippen LogP) is 4.58. The Morgan fingerprint density at radius 2 is 2.00 bits per heavy atom.